The molecule has 0 aliphatic rings. The van der Waals surface area contributed by atoms with Crippen LogP contribution in [0.25, 0.3) is 11.0 Å². The number of rotatable bonds is 9. The average Bonchev–Trinajstić information content (AvgIpc) is 3.20. The van der Waals surface area contributed by atoms with Crippen LogP contribution in [0.3, 0.4) is 0 Å². The highest BCUT2D eigenvalue weighted by molar-refractivity contribution is 6.04. The maximum atomic E-state index is 12.7. The van der Waals surface area contributed by atoms with Crippen molar-refractivity contribution in [2.45, 2.75) is 6.92 Å². The Labute approximate surface area is 180 Å². The van der Waals surface area contributed by atoms with Crippen molar-refractivity contribution in [3.05, 3.63) is 78.4 Å². The Morgan fingerprint density at radius 3 is 2.48 bits per heavy atom. The smallest absolute Gasteiger partial charge is 0.258 e. The molecule has 3 aromatic carbocycles. The van der Waals surface area contributed by atoms with Gasteiger partial charge in [-0.25, -0.2) is 4.98 Å². The van der Waals surface area contributed by atoms with Gasteiger partial charge in [0.15, 0.2) is 11.5 Å². The van der Waals surface area contributed by atoms with Crippen molar-refractivity contribution in [2.24, 2.45) is 0 Å². The number of amides is 1. The summed E-state index contributed by atoms with van der Waals surface area (Å²) in [6, 6.07) is 22.2. The van der Waals surface area contributed by atoms with Crippen molar-refractivity contribution < 1.29 is 19.0 Å². The minimum atomic E-state index is -0.293. The summed E-state index contributed by atoms with van der Waals surface area (Å²) in [5, 5.41) is 2.78. The first kappa shape index (κ1) is 20.3. The molecule has 4 aromatic rings. The zero-order valence-electron chi connectivity index (χ0n) is 17.1. The number of ether oxygens (including phenoxy) is 3. The summed E-state index contributed by atoms with van der Waals surface area (Å²) >= 11 is 0. The van der Waals surface area contributed by atoms with Gasteiger partial charge < -0.3 is 19.2 Å². The highest BCUT2D eigenvalue weighted by Gasteiger charge is 2.14. The minimum Gasteiger partial charge on any atom is -0.490 e. The van der Waals surface area contributed by atoms with Gasteiger partial charge in [0.2, 0.25) is 5.95 Å². The van der Waals surface area contributed by atoms with Crippen LogP contribution in [0.2, 0.25) is 0 Å². The van der Waals surface area contributed by atoms with Crippen LogP contribution in [0.1, 0.15) is 17.3 Å². The average molecular weight is 417 g/mol. The standard InChI is InChI=1S/C24H23N3O4/c1-2-29-22-16-17(23(28)27-24-25-19-10-6-7-11-20(19)26-24)12-13-21(22)31-15-14-30-18-8-4-3-5-9-18/h3-13,16H,2,14-15H2,1H3,(H2,25,26,27,28). The number of imidazole rings is 1. The van der Waals surface area contributed by atoms with Crippen molar-refractivity contribution in [2.75, 3.05) is 25.1 Å². The van der Waals surface area contributed by atoms with Crippen molar-refractivity contribution in [1.29, 1.82) is 0 Å². The maximum absolute atomic E-state index is 12.7. The third-order valence-electron chi connectivity index (χ3n) is 4.48. The number of hydrogen-bond acceptors (Lipinski definition) is 5. The number of aromatic nitrogens is 2. The fourth-order valence-electron chi connectivity index (χ4n) is 3.06. The Kier molecular flexibility index (Phi) is 6.32. The number of carbonyl (C=O) groups is 1. The molecule has 7 nitrogen and oxygen atoms in total. The van der Waals surface area contributed by atoms with E-state index in [2.05, 4.69) is 15.3 Å². The van der Waals surface area contributed by atoms with E-state index in [0.29, 0.717) is 42.8 Å². The first-order chi connectivity index (χ1) is 15.2. The highest BCUT2D eigenvalue weighted by Crippen LogP contribution is 2.29. The molecule has 31 heavy (non-hydrogen) atoms. The van der Waals surface area contributed by atoms with Gasteiger partial charge in [-0.2, -0.15) is 0 Å². The Bertz CT molecular complexity index is 1120. The van der Waals surface area contributed by atoms with Gasteiger partial charge in [0.25, 0.3) is 5.91 Å². The van der Waals surface area contributed by atoms with Gasteiger partial charge in [0, 0.05) is 5.56 Å². The Morgan fingerprint density at radius 2 is 1.68 bits per heavy atom. The molecule has 0 spiro atoms. The predicted molar refractivity (Wildman–Crippen MR) is 119 cm³/mol. The summed E-state index contributed by atoms with van der Waals surface area (Å²) < 4.78 is 17.1. The molecule has 0 atom stereocenters. The van der Waals surface area contributed by atoms with E-state index < -0.39 is 0 Å². The zero-order chi connectivity index (χ0) is 21.5. The van der Waals surface area contributed by atoms with E-state index in [4.69, 9.17) is 14.2 Å². The lowest BCUT2D eigenvalue weighted by Crippen LogP contribution is -2.14. The summed E-state index contributed by atoms with van der Waals surface area (Å²) in [6.45, 7) is 3.07. The largest absolute Gasteiger partial charge is 0.490 e. The molecule has 1 heterocycles. The quantitative estimate of drug-likeness (QED) is 0.387. The predicted octanol–water partition coefficient (Wildman–Crippen LogP) is 4.67. The molecule has 4 rings (SSSR count). The number of hydrogen-bond donors (Lipinski definition) is 2. The second-order valence-corrected chi connectivity index (χ2v) is 6.66. The lowest BCUT2D eigenvalue weighted by Gasteiger charge is -2.13. The number of fused-ring (bicyclic) bond motifs is 1. The molecule has 1 amide bonds. The summed E-state index contributed by atoms with van der Waals surface area (Å²) in [6.07, 6.45) is 0. The Balaban J connectivity index is 1.40. The molecule has 0 aliphatic carbocycles. The summed E-state index contributed by atoms with van der Waals surface area (Å²) in [7, 11) is 0. The van der Waals surface area contributed by atoms with E-state index in [-0.39, 0.29) is 5.91 Å². The number of carbonyl (C=O) groups excluding carboxylic acids is 1. The number of aromatic amines is 1. The van der Waals surface area contributed by atoms with Crippen LogP contribution >= 0.6 is 0 Å². The summed E-state index contributed by atoms with van der Waals surface area (Å²) in [5.74, 6) is 1.94. The minimum absolute atomic E-state index is 0.293. The third kappa shape index (κ3) is 5.14. The molecule has 0 radical (unpaired) electrons. The fraction of sp³-hybridized carbons (Fsp3) is 0.167. The Morgan fingerprint density at radius 1 is 0.903 bits per heavy atom. The van der Waals surface area contributed by atoms with Gasteiger partial charge >= 0.3 is 0 Å². The van der Waals surface area contributed by atoms with E-state index in [1.54, 1.807) is 18.2 Å². The van der Waals surface area contributed by atoms with Crippen LogP contribution in [0.4, 0.5) is 5.95 Å². The van der Waals surface area contributed by atoms with Gasteiger partial charge in [-0.05, 0) is 49.4 Å². The summed E-state index contributed by atoms with van der Waals surface area (Å²) in [4.78, 5) is 20.1. The molecule has 0 saturated heterocycles. The number of para-hydroxylation sites is 3. The molecular formula is C24H23N3O4. The number of anilines is 1. The van der Waals surface area contributed by atoms with Gasteiger partial charge in [-0.1, -0.05) is 30.3 Å². The van der Waals surface area contributed by atoms with E-state index in [0.717, 1.165) is 16.8 Å². The molecule has 0 fully saturated rings. The van der Waals surface area contributed by atoms with Crippen molar-refractivity contribution in [1.82, 2.24) is 9.97 Å². The first-order valence-corrected chi connectivity index (χ1v) is 10.1. The van der Waals surface area contributed by atoms with Crippen LogP contribution in [0.5, 0.6) is 17.2 Å². The zero-order valence-corrected chi connectivity index (χ0v) is 17.1. The SMILES string of the molecule is CCOc1cc(C(=O)Nc2nc3ccccc3[nH]2)ccc1OCCOc1ccccc1. The lowest BCUT2D eigenvalue weighted by atomic mass is 10.2. The molecular weight excluding hydrogens is 394 g/mol. The second kappa shape index (κ2) is 9.67. The maximum Gasteiger partial charge on any atom is 0.258 e. The highest BCUT2D eigenvalue weighted by atomic mass is 16.5. The fourth-order valence-corrected chi connectivity index (χ4v) is 3.06. The van der Waals surface area contributed by atoms with Crippen molar-refractivity contribution in [3.8, 4) is 17.2 Å². The molecule has 0 saturated carbocycles. The number of benzene rings is 3. The lowest BCUT2D eigenvalue weighted by molar-refractivity contribution is 0.102. The van der Waals surface area contributed by atoms with E-state index in [9.17, 15) is 4.79 Å². The normalized spacial score (nSPS) is 10.6. The molecule has 1 aromatic heterocycles. The molecule has 7 heteroatoms. The monoisotopic (exact) mass is 417 g/mol. The van der Waals surface area contributed by atoms with Gasteiger partial charge in [-0.15, -0.1) is 0 Å². The van der Waals surface area contributed by atoms with Gasteiger partial charge in [0.05, 0.1) is 17.6 Å². The van der Waals surface area contributed by atoms with Crippen LogP contribution in [0, 0.1) is 0 Å². The molecule has 2 N–H and O–H groups in total. The first-order valence-electron chi connectivity index (χ1n) is 10.1. The topological polar surface area (TPSA) is 85.5 Å². The van der Waals surface area contributed by atoms with Crippen LogP contribution in [0.15, 0.2) is 72.8 Å². The van der Waals surface area contributed by atoms with E-state index in [1.807, 2.05) is 61.5 Å². The van der Waals surface area contributed by atoms with Crippen LogP contribution in [-0.4, -0.2) is 35.7 Å². The number of nitrogens with one attached hydrogen (secondary N) is 2. The third-order valence-corrected chi connectivity index (χ3v) is 4.48. The number of H-pyrrole nitrogens is 1. The molecule has 0 unspecified atom stereocenters. The molecule has 0 aliphatic heterocycles. The number of nitrogens with zero attached hydrogens (tertiary/aromatic N) is 1. The van der Waals surface area contributed by atoms with E-state index in [1.165, 1.54) is 0 Å². The molecule has 0 bridgehead atoms. The van der Waals surface area contributed by atoms with Crippen LogP contribution in [-0.2, 0) is 0 Å². The van der Waals surface area contributed by atoms with Crippen molar-refractivity contribution >= 4 is 22.9 Å². The van der Waals surface area contributed by atoms with Crippen molar-refractivity contribution in [3.63, 3.8) is 0 Å². The second-order valence-electron chi connectivity index (χ2n) is 6.66. The molecule has 158 valence electrons. The van der Waals surface area contributed by atoms with Crippen LogP contribution < -0.4 is 19.5 Å². The summed E-state index contributed by atoms with van der Waals surface area (Å²) in [5.41, 5.74) is 2.08. The Hall–Kier alpha value is -4.00. The van der Waals surface area contributed by atoms with E-state index >= 15 is 0 Å². The van der Waals surface area contributed by atoms with Gasteiger partial charge in [-0.3, -0.25) is 10.1 Å². The van der Waals surface area contributed by atoms with Gasteiger partial charge in [0.1, 0.15) is 19.0 Å².